The molecular formula is C18H23N5O4. The van der Waals surface area contributed by atoms with Crippen molar-refractivity contribution in [2.75, 3.05) is 26.3 Å². The zero-order valence-electron chi connectivity index (χ0n) is 15.3. The van der Waals surface area contributed by atoms with Gasteiger partial charge in [-0.2, -0.15) is 0 Å². The molecule has 4 heterocycles. The van der Waals surface area contributed by atoms with Gasteiger partial charge in [0, 0.05) is 44.5 Å². The number of nitrogens with zero attached hydrogens (tertiary/aromatic N) is 4. The fourth-order valence-electron chi connectivity index (χ4n) is 3.59. The molecule has 2 unspecified atom stereocenters. The Kier molecular flexibility index (Phi) is 5.15. The van der Waals surface area contributed by atoms with Gasteiger partial charge in [-0.15, -0.1) is 0 Å². The molecule has 144 valence electrons. The smallest absolute Gasteiger partial charge is 0.249 e. The van der Waals surface area contributed by atoms with Crippen LogP contribution in [0, 0.1) is 6.92 Å². The minimum atomic E-state index is -0.518. The van der Waals surface area contributed by atoms with Gasteiger partial charge < -0.3 is 19.3 Å². The molecule has 9 nitrogen and oxygen atoms in total. The summed E-state index contributed by atoms with van der Waals surface area (Å²) >= 11 is 0. The number of amides is 1. The molecule has 1 spiro atoms. The van der Waals surface area contributed by atoms with Crippen LogP contribution in [-0.2, 0) is 27.4 Å². The lowest BCUT2D eigenvalue weighted by Crippen LogP contribution is -2.52. The first kappa shape index (κ1) is 18.0. The number of carbonyl (C=O) groups is 1. The van der Waals surface area contributed by atoms with Crippen molar-refractivity contribution < 1.29 is 18.8 Å². The third kappa shape index (κ3) is 4.32. The third-order valence-corrected chi connectivity index (χ3v) is 4.85. The lowest BCUT2D eigenvalue weighted by atomic mass is 9.97. The second-order valence-corrected chi connectivity index (χ2v) is 7.11. The van der Waals surface area contributed by atoms with Gasteiger partial charge in [-0.1, -0.05) is 5.16 Å². The number of carbonyl (C=O) groups excluding carboxylic acids is 1. The highest BCUT2D eigenvalue weighted by Gasteiger charge is 2.46. The van der Waals surface area contributed by atoms with Gasteiger partial charge in [0.15, 0.2) is 0 Å². The molecule has 0 saturated carbocycles. The Labute approximate surface area is 157 Å². The molecule has 0 radical (unpaired) electrons. The number of aryl methyl sites for hydroxylation is 1. The summed E-state index contributed by atoms with van der Waals surface area (Å²) in [6, 6.07) is 1.72. The molecule has 2 aliphatic heterocycles. The fourth-order valence-corrected chi connectivity index (χ4v) is 3.59. The number of morpholine rings is 1. The summed E-state index contributed by atoms with van der Waals surface area (Å²) in [5.74, 6) is -0.153. The van der Waals surface area contributed by atoms with E-state index in [0.29, 0.717) is 45.0 Å². The molecular weight excluding hydrogens is 350 g/mol. The predicted octanol–water partition coefficient (Wildman–Crippen LogP) is 0.449. The van der Waals surface area contributed by atoms with Crippen molar-refractivity contribution in [3.05, 3.63) is 41.8 Å². The number of hydrogen-bond donors (Lipinski definition) is 1. The van der Waals surface area contributed by atoms with Crippen LogP contribution >= 0.6 is 0 Å². The van der Waals surface area contributed by atoms with Crippen molar-refractivity contribution in [1.82, 2.24) is 25.3 Å². The van der Waals surface area contributed by atoms with Gasteiger partial charge in [-0.3, -0.25) is 19.7 Å². The van der Waals surface area contributed by atoms with E-state index in [4.69, 9.17) is 14.0 Å². The quantitative estimate of drug-likeness (QED) is 0.806. The average Bonchev–Trinajstić information content (AvgIpc) is 3.30. The van der Waals surface area contributed by atoms with Crippen molar-refractivity contribution in [2.45, 2.75) is 38.1 Å². The molecule has 1 N–H and O–H groups in total. The molecule has 4 rings (SSSR count). The van der Waals surface area contributed by atoms with Crippen LogP contribution in [0.4, 0.5) is 0 Å². The van der Waals surface area contributed by atoms with Crippen LogP contribution in [0.1, 0.15) is 23.5 Å². The number of aromatic nitrogens is 3. The first-order chi connectivity index (χ1) is 13.1. The monoisotopic (exact) mass is 373 g/mol. The van der Waals surface area contributed by atoms with E-state index in [9.17, 15) is 4.79 Å². The van der Waals surface area contributed by atoms with E-state index in [-0.39, 0.29) is 5.91 Å². The van der Waals surface area contributed by atoms with E-state index in [0.717, 1.165) is 17.9 Å². The molecule has 2 aliphatic rings. The maximum atomic E-state index is 12.4. The van der Waals surface area contributed by atoms with Gasteiger partial charge in [0.25, 0.3) is 0 Å². The Hall–Kier alpha value is -2.36. The number of nitrogens with one attached hydrogen (secondary N) is 1. The largest absolute Gasteiger partial charge is 0.370 e. The van der Waals surface area contributed by atoms with Gasteiger partial charge in [-0.05, 0) is 6.92 Å². The first-order valence-corrected chi connectivity index (χ1v) is 9.04. The lowest BCUT2D eigenvalue weighted by molar-refractivity contribution is -0.130. The highest BCUT2D eigenvalue weighted by molar-refractivity contribution is 5.81. The van der Waals surface area contributed by atoms with Crippen LogP contribution in [0.15, 0.2) is 29.2 Å². The number of ether oxygens (including phenoxy) is 2. The van der Waals surface area contributed by atoms with Crippen molar-refractivity contribution in [2.24, 2.45) is 0 Å². The van der Waals surface area contributed by atoms with Crippen molar-refractivity contribution in [1.29, 1.82) is 0 Å². The van der Waals surface area contributed by atoms with Crippen molar-refractivity contribution in [3.63, 3.8) is 0 Å². The number of rotatable bonds is 5. The normalized spacial score (nSPS) is 25.7. The van der Waals surface area contributed by atoms with Crippen molar-refractivity contribution >= 4 is 5.91 Å². The van der Waals surface area contributed by atoms with Crippen LogP contribution < -0.4 is 5.32 Å². The Morgan fingerprint density at radius 1 is 1.41 bits per heavy atom. The summed E-state index contributed by atoms with van der Waals surface area (Å²) < 4.78 is 16.6. The molecule has 2 atom stereocenters. The van der Waals surface area contributed by atoms with E-state index >= 15 is 0 Å². The van der Waals surface area contributed by atoms with Crippen molar-refractivity contribution in [3.8, 4) is 0 Å². The second-order valence-electron chi connectivity index (χ2n) is 7.11. The summed E-state index contributed by atoms with van der Waals surface area (Å²) in [4.78, 5) is 23.4. The zero-order chi connectivity index (χ0) is 18.7. The van der Waals surface area contributed by atoms with Crippen LogP contribution in [0.3, 0.4) is 0 Å². The van der Waals surface area contributed by atoms with E-state index in [2.05, 4.69) is 25.3 Å². The van der Waals surface area contributed by atoms with Gasteiger partial charge in [-0.25, -0.2) is 0 Å². The predicted molar refractivity (Wildman–Crippen MR) is 93.4 cm³/mol. The molecule has 2 aromatic rings. The Bertz CT molecular complexity index is 784. The lowest BCUT2D eigenvalue weighted by Gasteiger charge is -2.39. The standard InChI is InChI=1S/C18H23N5O4/c1-13-7-19-8-15(21-13)10-23-3-5-26-18(11-23)6-16(25-12-18)17(24)20-9-14-2-4-27-22-14/h2,4,7-8,16H,3,5-6,9-12H2,1H3,(H,20,24). The molecule has 0 aliphatic carbocycles. The van der Waals surface area contributed by atoms with Gasteiger partial charge >= 0.3 is 0 Å². The van der Waals surface area contributed by atoms with Crippen LogP contribution in [0.5, 0.6) is 0 Å². The summed E-state index contributed by atoms with van der Waals surface area (Å²) in [7, 11) is 0. The molecule has 1 amide bonds. The van der Waals surface area contributed by atoms with Crippen LogP contribution in [0.25, 0.3) is 0 Å². The molecule has 9 heteroatoms. The maximum absolute atomic E-state index is 12.4. The minimum Gasteiger partial charge on any atom is -0.370 e. The third-order valence-electron chi connectivity index (χ3n) is 4.85. The second kappa shape index (κ2) is 7.71. The highest BCUT2D eigenvalue weighted by Crippen LogP contribution is 2.32. The molecule has 2 aromatic heterocycles. The van der Waals surface area contributed by atoms with E-state index < -0.39 is 11.7 Å². The molecule has 2 fully saturated rings. The van der Waals surface area contributed by atoms with E-state index in [1.807, 2.05) is 6.92 Å². The highest BCUT2D eigenvalue weighted by atomic mass is 16.6. The Balaban J connectivity index is 1.32. The van der Waals surface area contributed by atoms with Crippen LogP contribution in [-0.4, -0.2) is 63.9 Å². The first-order valence-electron chi connectivity index (χ1n) is 9.04. The maximum Gasteiger partial charge on any atom is 0.249 e. The Morgan fingerprint density at radius 3 is 3.15 bits per heavy atom. The zero-order valence-corrected chi connectivity index (χ0v) is 15.3. The SMILES string of the molecule is Cc1cncc(CN2CCOC3(COC(C(=O)NCc4ccon4)C3)C2)n1. The number of hydrogen-bond acceptors (Lipinski definition) is 8. The molecule has 27 heavy (non-hydrogen) atoms. The van der Waals surface area contributed by atoms with Crippen LogP contribution in [0.2, 0.25) is 0 Å². The van der Waals surface area contributed by atoms with Gasteiger partial charge in [0.1, 0.15) is 23.7 Å². The summed E-state index contributed by atoms with van der Waals surface area (Å²) in [5.41, 5.74) is 2.07. The Morgan fingerprint density at radius 2 is 2.33 bits per heavy atom. The van der Waals surface area contributed by atoms with Gasteiger partial charge in [0.2, 0.25) is 5.91 Å². The van der Waals surface area contributed by atoms with E-state index in [1.54, 1.807) is 18.5 Å². The summed E-state index contributed by atoms with van der Waals surface area (Å²) in [6.07, 6.45) is 5.03. The molecule has 0 bridgehead atoms. The van der Waals surface area contributed by atoms with E-state index in [1.165, 1.54) is 6.26 Å². The minimum absolute atomic E-state index is 0.153. The molecule has 2 saturated heterocycles. The fraction of sp³-hybridized carbons (Fsp3) is 0.556. The average molecular weight is 373 g/mol. The molecule has 0 aromatic carbocycles. The topological polar surface area (TPSA) is 103 Å². The summed E-state index contributed by atoms with van der Waals surface area (Å²) in [6.45, 7) is 5.51. The summed E-state index contributed by atoms with van der Waals surface area (Å²) in [5, 5.41) is 6.61. The van der Waals surface area contributed by atoms with Gasteiger partial charge in [0.05, 0.1) is 31.1 Å².